The zero-order valence-electron chi connectivity index (χ0n) is 12.1. The molecular formula is C15H22FN3O2. The normalized spacial score (nSPS) is 17.4. The number of ether oxygens (including phenoxy) is 1. The van der Waals surface area contributed by atoms with Crippen molar-refractivity contribution in [2.24, 2.45) is 5.73 Å². The van der Waals surface area contributed by atoms with Gasteiger partial charge in [-0.3, -0.25) is 9.69 Å². The third-order valence-electron chi connectivity index (χ3n) is 3.61. The van der Waals surface area contributed by atoms with E-state index in [4.69, 9.17) is 10.5 Å². The lowest BCUT2D eigenvalue weighted by Crippen LogP contribution is -2.44. The standard InChI is InChI=1S/C15H22FN3O2/c16-13-3-1-12(2-4-13)14(11-18-15(20)5-6-17)19-7-9-21-10-8-19/h1-4,14H,5-11,17H2,(H,18,20). The Morgan fingerprint density at radius 2 is 2.00 bits per heavy atom. The molecule has 0 radical (unpaired) electrons. The van der Waals surface area contributed by atoms with Crippen molar-refractivity contribution in [3.05, 3.63) is 35.6 Å². The predicted molar refractivity (Wildman–Crippen MR) is 78.2 cm³/mol. The van der Waals surface area contributed by atoms with Crippen LogP contribution in [-0.2, 0) is 9.53 Å². The second-order valence-electron chi connectivity index (χ2n) is 5.06. The van der Waals surface area contributed by atoms with E-state index in [0.717, 1.165) is 18.7 Å². The van der Waals surface area contributed by atoms with E-state index >= 15 is 0 Å². The summed E-state index contributed by atoms with van der Waals surface area (Å²) in [7, 11) is 0. The number of hydrogen-bond donors (Lipinski definition) is 2. The van der Waals surface area contributed by atoms with Crippen LogP contribution in [0.4, 0.5) is 4.39 Å². The largest absolute Gasteiger partial charge is 0.379 e. The van der Waals surface area contributed by atoms with Crippen molar-refractivity contribution in [2.75, 3.05) is 39.4 Å². The number of amides is 1. The van der Waals surface area contributed by atoms with E-state index in [-0.39, 0.29) is 17.8 Å². The Hall–Kier alpha value is -1.50. The number of benzene rings is 1. The van der Waals surface area contributed by atoms with Crippen molar-refractivity contribution in [3.8, 4) is 0 Å². The van der Waals surface area contributed by atoms with Gasteiger partial charge in [0, 0.05) is 32.6 Å². The van der Waals surface area contributed by atoms with Gasteiger partial charge in [0.15, 0.2) is 0 Å². The summed E-state index contributed by atoms with van der Waals surface area (Å²) in [5, 5.41) is 2.90. The molecule has 2 rings (SSSR count). The molecule has 1 saturated heterocycles. The third kappa shape index (κ3) is 4.77. The number of halogens is 1. The van der Waals surface area contributed by atoms with E-state index in [1.807, 2.05) is 0 Å². The van der Waals surface area contributed by atoms with Crippen LogP contribution >= 0.6 is 0 Å². The fraction of sp³-hybridized carbons (Fsp3) is 0.533. The molecule has 0 spiro atoms. The Labute approximate surface area is 124 Å². The molecule has 5 nitrogen and oxygen atoms in total. The highest BCUT2D eigenvalue weighted by atomic mass is 19.1. The van der Waals surface area contributed by atoms with Crippen LogP contribution in [0.1, 0.15) is 18.0 Å². The molecule has 0 bridgehead atoms. The summed E-state index contributed by atoms with van der Waals surface area (Å²) < 4.78 is 18.5. The van der Waals surface area contributed by atoms with E-state index in [1.165, 1.54) is 12.1 Å². The number of morpholine rings is 1. The molecule has 1 heterocycles. The molecule has 116 valence electrons. The van der Waals surface area contributed by atoms with Gasteiger partial charge in [0.2, 0.25) is 5.91 Å². The first-order chi connectivity index (χ1) is 10.2. The number of carbonyl (C=O) groups is 1. The van der Waals surface area contributed by atoms with Gasteiger partial charge in [0.1, 0.15) is 5.82 Å². The molecule has 1 aliphatic heterocycles. The molecule has 0 aromatic heterocycles. The van der Waals surface area contributed by atoms with Crippen molar-refractivity contribution >= 4 is 5.91 Å². The molecule has 0 saturated carbocycles. The highest BCUT2D eigenvalue weighted by molar-refractivity contribution is 5.76. The molecule has 21 heavy (non-hydrogen) atoms. The summed E-state index contributed by atoms with van der Waals surface area (Å²) in [4.78, 5) is 13.9. The zero-order valence-corrected chi connectivity index (χ0v) is 12.1. The van der Waals surface area contributed by atoms with Gasteiger partial charge < -0.3 is 15.8 Å². The lowest BCUT2D eigenvalue weighted by atomic mass is 10.0. The van der Waals surface area contributed by atoms with Crippen LogP contribution in [0.5, 0.6) is 0 Å². The van der Waals surface area contributed by atoms with Crippen LogP contribution in [-0.4, -0.2) is 50.2 Å². The zero-order chi connectivity index (χ0) is 15.1. The maximum atomic E-state index is 13.1. The molecular weight excluding hydrogens is 273 g/mol. The lowest BCUT2D eigenvalue weighted by Gasteiger charge is -2.35. The second-order valence-corrected chi connectivity index (χ2v) is 5.06. The van der Waals surface area contributed by atoms with Crippen molar-refractivity contribution in [3.63, 3.8) is 0 Å². The van der Waals surface area contributed by atoms with Crippen LogP contribution in [0.3, 0.4) is 0 Å². The number of nitrogens with one attached hydrogen (secondary N) is 1. The molecule has 6 heteroatoms. The minimum Gasteiger partial charge on any atom is -0.379 e. The van der Waals surface area contributed by atoms with E-state index < -0.39 is 0 Å². The van der Waals surface area contributed by atoms with Crippen molar-refractivity contribution in [1.29, 1.82) is 0 Å². The van der Waals surface area contributed by atoms with Gasteiger partial charge in [-0.05, 0) is 17.7 Å². The van der Waals surface area contributed by atoms with Crippen LogP contribution in [0.15, 0.2) is 24.3 Å². The minimum absolute atomic E-state index is 0.0243. The highest BCUT2D eigenvalue weighted by Crippen LogP contribution is 2.21. The Bertz CT molecular complexity index is 447. The smallest absolute Gasteiger partial charge is 0.221 e. The van der Waals surface area contributed by atoms with Gasteiger partial charge in [-0.25, -0.2) is 4.39 Å². The Kier molecular flexibility index (Phi) is 6.10. The predicted octanol–water partition coefficient (Wildman–Crippen LogP) is 0.664. The Morgan fingerprint density at radius 1 is 1.33 bits per heavy atom. The highest BCUT2D eigenvalue weighted by Gasteiger charge is 2.23. The Balaban J connectivity index is 2.05. The number of carbonyl (C=O) groups excluding carboxylic acids is 1. The van der Waals surface area contributed by atoms with Gasteiger partial charge in [-0.1, -0.05) is 12.1 Å². The van der Waals surface area contributed by atoms with Gasteiger partial charge in [0.25, 0.3) is 0 Å². The SMILES string of the molecule is NCCC(=O)NCC(c1ccc(F)cc1)N1CCOCC1. The molecule has 1 amide bonds. The average Bonchev–Trinajstić information content (AvgIpc) is 2.50. The summed E-state index contributed by atoms with van der Waals surface area (Å²) in [5.74, 6) is -0.315. The third-order valence-corrected chi connectivity index (χ3v) is 3.61. The maximum absolute atomic E-state index is 13.1. The quantitative estimate of drug-likeness (QED) is 0.809. The van der Waals surface area contributed by atoms with Crippen LogP contribution < -0.4 is 11.1 Å². The summed E-state index contributed by atoms with van der Waals surface area (Å²) in [6, 6.07) is 6.46. The minimum atomic E-state index is -0.258. The van der Waals surface area contributed by atoms with E-state index in [2.05, 4.69) is 10.2 Å². The lowest BCUT2D eigenvalue weighted by molar-refractivity contribution is -0.121. The first-order valence-corrected chi connectivity index (χ1v) is 7.24. The topological polar surface area (TPSA) is 67.6 Å². The molecule has 1 unspecified atom stereocenters. The summed E-state index contributed by atoms with van der Waals surface area (Å²) >= 11 is 0. The van der Waals surface area contributed by atoms with Gasteiger partial charge in [-0.2, -0.15) is 0 Å². The van der Waals surface area contributed by atoms with Crippen LogP contribution in [0.2, 0.25) is 0 Å². The molecule has 3 N–H and O–H groups in total. The first kappa shape index (κ1) is 15.9. The second kappa shape index (κ2) is 8.07. The molecule has 1 fully saturated rings. The number of nitrogens with two attached hydrogens (primary N) is 1. The maximum Gasteiger partial charge on any atom is 0.221 e. The molecule has 1 aromatic rings. The van der Waals surface area contributed by atoms with E-state index in [0.29, 0.717) is 32.7 Å². The molecule has 1 atom stereocenters. The fourth-order valence-electron chi connectivity index (χ4n) is 2.46. The number of hydrogen-bond acceptors (Lipinski definition) is 4. The number of nitrogens with zero attached hydrogens (tertiary/aromatic N) is 1. The van der Waals surface area contributed by atoms with Gasteiger partial charge >= 0.3 is 0 Å². The van der Waals surface area contributed by atoms with E-state index in [1.54, 1.807) is 12.1 Å². The van der Waals surface area contributed by atoms with Crippen molar-refractivity contribution in [1.82, 2.24) is 10.2 Å². The molecule has 1 aromatic carbocycles. The van der Waals surface area contributed by atoms with Gasteiger partial charge in [0.05, 0.1) is 19.3 Å². The monoisotopic (exact) mass is 295 g/mol. The van der Waals surface area contributed by atoms with Crippen molar-refractivity contribution < 1.29 is 13.9 Å². The Morgan fingerprint density at radius 3 is 2.62 bits per heavy atom. The average molecular weight is 295 g/mol. The van der Waals surface area contributed by atoms with Crippen LogP contribution in [0.25, 0.3) is 0 Å². The molecule has 0 aliphatic carbocycles. The number of rotatable bonds is 6. The van der Waals surface area contributed by atoms with Gasteiger partial charge in [-0.15, -0.1) is 0 Å². The summed E-state index contributed by atoms with van der Waals surface area (Å²) in [6.45, 7) is 3.78. The fourth-order valence-corrected chi connectivity index (χ4v) is 2.46. The van der Waals surface area contributed by atoms with E-state index in [9.17, 15) is 9.18 Å². The summed E-state index contributed by atoms with van der Waals surface area (Å²) in [5.41, 5.74) is 6.37. The van der Waals surface area contributed by atoms with Crippen molar-refractivity contribution in [2.45, 2.75) is 12.5 Å². The summed E-state index contributed by atoms with van der Waals surface area (Å²) in [6.07, 6.45) is 0.319. The molecule has 1 aliphatic rings. The van der Waals surface area contributed by atoms with Crippen LogP contribution in [0, 0.1) is 5.82 Å². The first-order valence-electron chi connectivity index (χ1n) is 7.24.